The van der Waals surface area contributed by atoms with E-state index in [1.165, 1.54) is 14.2 Å². The van der Waals surface area contributed by atoms with Gasteiger partial charge in [0.25, 0.3) is 0 Å². The summed E-state index contributed by atoms with van der Waals surface area (Å²) in [6.07, 6.45) is 0.334. The molecule has 0 aliphatic rings. The van der Waals surface area contributed by atoms with Crippen LogP contribution in [0, 0.1) is 5.82 Å². The van der Waals surface area contributed by atoms with E-state index >= 15 is 0 Å². The van der Waals surface area contributed by atoms with Crippen LogP contribution in [0.2, 0.25) is 0 Å². The van der Waals surface area contributed by atoms with E-state index in [-0.39, 0.29) is 23.3 Å². The number of carbonyl (C=O) groups excluding carboxylic acids is 2. The summed E-state index contributed by atoms with van der Waals surface area (Å²) < 4.78 is 22.5. The van der Waals surface area contributed by atoms with Gasteiger partial charge >= 0.3 is 5.97 Å². The molecule has 0 heterocycles. The summed E-state index contributed by atoms with van der Waals surface area (Å²) >= 11 is 0. The van der Waals surface area contributed by atoms with Crippen molar-refractivity contribution in [3.8, 4) is 5.75 Å². The molecule has 4 nitrogen and oxygen atoms in total. The topological polar surface area (TPSA) is 52.6 Å². The lowest BCUT2D eigenvalue weighted by molar-refractivity contribution is -0.139. The van der Waals surface area contributed by atoms with Crippen molar-refractivity contribution in [1.29, 1.82) is 0 Å². The van der Waals surface area contributed by atoms with Gasteiger partial charge in [0.2, 0.25) is 0 Å². The maximum Gasteiger partial charge on any atom is 0.310 e. The maximum atomic E-state index is 13.1. The van der Waals surface area contributed by atoms with Gasteiger partial charge in [-0.1, -0.05) is 0 Å². The molecule has 0 saturated carbocycles. The molecule has 1 rings (SSSR count). The largest absolute Gasteiger partial charge is 0.496 e. The Bertz CT molecular complexity index is 415. The lowest BCUT2D eigenvalue weighted by Gasteiger charge is -2.09. The highest BCUT2D eigenvalue weighted by molar-refractivity contribution is 5.82. The van der Waals surface area contributed by atoms with E-state index in [9.17, 15) is 14.0 Å². The van der Waals surface area contributed by atoms with Crippen molar-refractivity contribution in [3.05, 3.63) is 29.1 Å². The molecule has 0 aliphatic heterocycles. The third-order valence-corrected chi connectivity index (χ3v) is 2.05. The van der Waals surface area contributed by atoms with E-state index in [0.29, 0.717) is 6.29 Å². The van der Waals surface area contributed by atoms with Crippen LogP contribution in [0.5, 0.6) is 5.75 Å². The van der Waals surface area contributed by atoms with Gasteiger partial charge in [0.15, 0.2) is 6.29 Å². The van der Waals surface area contributed by atoms with Crippen LogP contribution >= 0.6 is 0 Å². The van der Waals surface area contributed by atoms with Gasteiger partial charge in [-0.25, -0.2) is 4.39 Å². The number of hydrogen-bond acceptors (Lipinski definition) is 4. The number of halogens is 1. The second-order valence-electron chi connectivity index (χ2n) is 3.06. The average Bonchev–Trinajstić information content (AvgIpc) is 2.28. The van der Waals surface area contributed by atoms with Gasteiger partial charge in [0.05, 0.1) is 26.2 Å². The molecule has 5 heteroatoms. The van der Waals surface area contributed by atoms with E-state index < -0.39 is 11.8 Å². The van der Waals surface area contributed by atoms with Crippen LogP contribution in [0.3, 0.4) is 0 Å². The Morgan fingerprint density at radius 3 is 2.62 bits per heavy atom. The van der Waals surface area contributed by atoms with Crippen LogP contribution in [0.15, 0.2) is 12.1 Å². The van der Waals surface area contributed by atoms with Gasteiger partial charge in [-0.2, -0.15) is 0 Å². The fourth-order valence-electron chi connectivity index (χ4n) is 1.37. The monoisotopic (exact) mass is 226 g/mol. The summed E-state index contributed by atoms with van der Waals surface area (Å²) in [6, 6.07) is 2.19. The Balaban J connectivity index is 3.19. The highest BCUT2D eigenvalue weighted by Crippen LogP contribution is 2.24. The number of ether oxygens (including phenoxy) is 2. The number of esters is 1. The van der Waals surface area contributed by atoms with Crippen LogP contribution in [0.25, 0.3) is 0 Å². The molecule has 0 radical (unpaired) electrons. The Labute approximate surface area is 92.0 Å². The molecule has 16 heavy (non-hydrogen) atoms. The molecule has 0 amide bonds. The van der Waals surface area contributed by atoms with Crippen molar-refractivity contribution >= 4 is 12.3 Å². The van der Waals surface area contributed by atoms with Crippen LogP contribution in [-0.4, -0.2) is 26.5 Å². The predicted octanol–water partition coefficient (Wildman–Crippen LogP) is 1.36. The van der Waals surface area contributed by atoms with Crippen molar-refractivity contribution in [3.63, 3.8) is 0 Å². The van der Waals surface area contributed by atoms with Gasteiger partial charge < -0.3 is 9.47 Å². The van der Waals surface area contributed by atoms with Crippen molar-refractivity contribution in [2.24, 2.45) is 0 Å². The normalized spacial score (nSPS) is 9.69. The molecule has 0 N–H and O–H groups in total. The van der Waals surface area contributed by atoms with Gasteiger partial charge in [-0.3, -0.25) is 9.59 Å². The maximum absolute atomic E-state index is 13.1. The Morgan fingerprint density at radius 1 is 1.44 bits per heavy atom. The van der Waals surface area contributed by atoms with Crippen molar-refractivity contribution in [2.45, 2.75) is 6.42 Å². The molecule has 0 fully saturated rings. The Morgan fingerprint density at radius 2 is 2.12 bits per heavy atom. The lowest BCUT2D eigenvalue weighted by Crippen LogP contribution is -2.07. The van der Waals surface area contributed by atoms with Gasteiger partial charge in [-0.15, -0.1) is 0 Å². The lowest BCUT2D eigenvalue weighted by atomic mass is 10.1. The molecule has 0 bridgehead atoms. The fourth-order valence-corrected chi connectivity index (χ4v) is 1.37. The van der Waals surface area contributed by atoms with E-state index in [1.54, 1.807) is 0 Å². The van der Waals surface area contributed by atoms with E-state index in [4.69, 9.17) is 4.74 Å². The molecule has 0 saturated heterocycles. The smallest absolute Gasteiger partial charge is 0.310 e. The molecule has 1 aromatic carbocycles. The van der Waals surface area contributed by atoms with Crippen LogP contribution in [0.4, 0.5) is 4.39 Å². The summed E-state index contributed by atoms with van der Waals surface area (Å²) in [5, 5.41) is 0. The number of aldehydes is 1. The van der Waals surface area contributed by atoms with Crippen LogP contribution < -0.4 is 4.74 Å². The molecular weight excluding hydrogens is 215 g/mol. The molecule has 0 unspecified atom stereocenters. The first kappa shape index (κ1) is 12.2. The minimum atomic E-state index is -0.596. The van der Waals surface area contributed by atoms with Crippen molar-refractivity contribution < 1.29 is 23.5 Å². The first-order valence-corrected chi connectivity index (χ1v) is 4.50. The summed E-state index contributed by atoms with van der Waals surface area (Å²) in [7, 11) is 2.58. The SMILES string of the molecule is COC(=O)Cc1cc(F)cc(C=O)c1OC. The highest BCUT2D eigenvalue weighted by Gasteiger charge is 2.14. The first-order chi connectivity index (χ1) is 7.62. The predicted molar refractivity (Wildman–Crippen MR) is 54.1 cm³/mol. The number of benzene rings is 1. The minimum Gasteiger partial charge on any atom is -0.496 e. The minimum absolute atomic E-state index is 0.0707. The van der Waals surface area contributed by atoms with Gasteiger partial charge in [0.1, 0.15) is 11.6 Å². The quantitative estimate of drug-likeness (QED) is 0.574. The summed E-state index contributed by atoms with van der Waals surface area (Å²) in [5.74, 6) is -0.927. The van der Waals surface area contributed by atoms with Crippen molar-refractivity contribution in [2.75, 3.05) is 14.2 Å². The second kappa shape index (κ2) is 5.25. The molecule has 86 valence electrons. The van der Waals surface area contributed by atoms with Crippen LogP contribution in [0.1, 0.15) is 15.9 Å². The zero-order valence-corrected chi connectivity index (χ0v) is 8.95. The molecular formula is C11H11FO4. The standard InChI is InChI=1S/C11H11FO4/c1-15-10(14)5-7-3-9(12)4-8(6-13)11(7)16-2/h3-4,6H,5H2,1-2H3. The highest BCUT2D eigenvalue weighted by atomic mass is 19.1. The zero-order chi connectivity index (χ0) is 12.1. The Hall–Kier alpha value is -1.91. The third-order valence-electron chi connectivity index (χ3n) is 2.05. The van der Waals surface area contributed by atoms with E-state index in [2.05, 4.69) is 4.74 Å². The number of carbonyl (C=O) groups is 2. The van der Waals surface area contributed by atoms with E-state index in [1.807, 2.05) is 0 Å². The number of methoxy groups -OCH3 is 2. The summed E-state index contributed by atoms with van der Waals surface area (Å²) in [6.45, 7) is 0. The third kappa shape index (κ3) is 2.56. The summed E-state index contributed by atoms with van der Waals surface area (Å²) in [5.41, 5.74) is 0.359. The van der Waals surface area contributed by atoms with Gasteiger partial charge in [0, 0.05) is 5.56 Å². The summed E-state index contributed by atoms with van der Waals surface area (Å²) in [4.78, 5) is 21.8. The molecule has 1 aromatic rings. The number of hydrogen-bond donors (Lipinski definition) is 0. The molecule has 0 aliphatic carbocycles. The van der Waals surface area contributed by atoms with Crippen molar-refractivity contribution in [1.82, 2.24) is 0 Å². The molecule has 0 atom stereocenters. The fraction of sp³-hybridized carbons (Fsp3) is 0.273. The van der Waals surface area contributed by atoms with Crippen LogP contribution in [-0.2, 0) is 16.0 Å². The average molecular weight is 226 g/mol. The first-order valence-electron chi connectivity index (χ1n) is 4.50. The van der Waals surface area contributed by atoms with E-state index in [0.717, 1.165) is 12.1 Å². The second-order valence-corrected chi connectivity index (χ2v) is 3.06. The molecule has 0 aromatic heterocycles. The Kier molecular flexibility index (Phi) is 3.99. The zero-order valence-electron chi connectivity index (χ0n) is 8.95. The van der Waals surface area contributed by atoms with Gasteiger partial charge in [-0.05, 0) is 12.1 Å². The molecule has 0 spiro atoms. The number of rotatable bonds is 4.